The number of nitrogen functional groups attached to an aromatic ring is 2. The van der Waals surface area contributed by atoms with Gasteiger partial charge in [0.25, 0.3) is 11.8 Å². The van der Waals surface area contributed by atoms with Crippen LogP contribution in [0, 0.1) is 0 Å². The Bertz CT molecular complexity index is 1840. The van der Waals surface area contributed by atoms with Gasteiger partial charge in [-0.05, 0) is 39.7 Å². The van der Waals surface area contributed by atoms with Gasteiger partial charge in [0.2, 0.25) is 35.1 Å². The Morgan fingerprint density at radius 2 is 1.89 bits per heavy atom. The van der Waals surface area contributed by atoms with Gasteiger partial charge in [-0.25, -0.2) is 9.59 Å². The zero-order valence-corrected chi connectivity index (χ0v) is 30.7. The normalized spacial score (nSPS) is 17.8. The lowest BCUT2D eigenvalue weighted by Gasteiger charge is -2.49. The lowest BCUT2D eigenvalue weighted by molar-refractivity contribution is -0.765. The van der Waals surface area contributed by atoms with Crippen molar-refractivity contribution in [1.29, 1.82) is 0 Å². The summed E-state index contributed by atoms with van der Waals surface area (Å²) in [4.78, 5) is 86.3. The number of aliphatic carboxylic acids is 2. The van der Waals surface area contributed by atoms with Gasteiger partial charge in [0, 0.05) is 35.8 Å². The molecule has 0 aliphatic carbocycles. The number of rotatable bonds is 18. The van der Waals surface area contributed by atoms with Crippen LogP contribution in [0.25, 0.3) is 0 Å². The predicted octanol–water partition coefficient (Wildman–Crippen LogP) is -2.75. The highest BCUT2D eigenvalue weighted by atomic mass is 32.2. The van der Waals surface area contributed by atoms with Gasteiger partial charge < -0.3 is 53.9 Å². The standard InChI is InChI=1S/C29H41N13O9S2/c1-29(2,27(49)50)51-38-17(21-37-28(33)53-39-21)23(45)36-18-24(46)42-19(26(47)48)13(12-52-25(18)42)10-41-11-15(20(32)40(41)3)35-22(44)14(6-4-5-8-30)34-16(43)7-9-31/h11,14,18,25,32H,4-10,12,30-31H2,1-3H3,(H7,33,34,35,36,37,39,43,44,45,47,48,49,50)/p+1/b38-17-/t14-,18+,25+/m0/s1. The first-order valence-corrected chi connectivity index (χ1v) is 18.0. The van der Waals surface area contributed by atoms with Crippen molar-refractivity contribution >= 4 is 81.2 Å². The first-order chi connectivity index (χ1) is 25.0. The number of amides is 4. The molecule has 53 heavy (non-hydrogen) atoms. The third-order valence-electron chi connectivity index (χ3n) is 8.15. The molecule has 4 heterocycles. The minimum atomic E-state index is -1.84. The van der Waals surface area contributed by atoms with Gasteiger partial charge >= 0.3 is 11.9 Å². The number of thioether (sulfide) groups is 1. The SMILES string of the molecule is Cn1c(N)c(NC(=O)[C@H](CCCCN)NC(=O)CCN)c[n+]1CC1=C(C(=O)O)N2C(=O)[C@@H](NC(=O)/C(=N\OC(C)(C)C(=O)O)c3nsc(N)n3)[C@H]2SC1. The number of hydrogen-bond acceptors (Lipinski definition) is 16. The fourth-order valence-corrected chi connectivity index (χ4v) is 6.94. The summed E-state index contributed by atoms with van der Waals surface area (Å²) in [6, 6.07) is -2.07. The van der Waals surface area contributed by atoms with E-state index in [0.717, 1.165) is 16.4 Å². The van der Waals surface area contributed by atoms with E-state index in [1.165, 1.54) is 36.5 Å². The molecule has 4 amide bonds. The first-order valence-electron chi connectivity index (χ1n) is 16.2. The summed E-state index contributed by atoms with van der Waals surface area (Å²) in [5.41, 5.74) is 20.9. The molecular weight excluding hydrogens is 739 g/mol. The van der Waals surface area contributed by atoms with Crippen LogP contribution >= 0.6 is 23.3 Å². The number of nitrogens with zero attached hydrogens (tertiary/aromatic N) is 6. The minimum absolute atomic E-state index is 0.0165. The fourth-order valence-electron chi connectivity index (χ4n) is 5.17. The molecule has 0 aromatic carbocycles. The average Bonchev–Trinajstić information content (AvgIpc) is 3.64. The molecule has 2 aromatic rings. The number of carboxylic acid groups (broad SMARTS) is 2. The van der Waals surface area contributed by atoms with Gasteiger partial charge in [0.05, 0.1) is 7.05 Å². The second-order valence-corrected chi connectivity index (χ2v) is 14.3. The average molecular weight is 781 g/mol. The molecule has 3 atom stereocenters. The van der Waals surface area contributed by atoms with E-state index < -0.39 is 58.4 Å². The molecule has 13 N–H and O–H groups in total. The zero-order chi connectivity index (χ0) is 39.2. The number of nitrogens with one attached hydrogen (secondary N) is 3. The quantitative estimate of drug-likeness (QED) is 0.0243. The van der Waals surface area contributed by atoms with Crippen molar-refractivity contribution in [2.24, 2.45) is 23.7 Å². The predicted molar refractivity (Wildman–Crippen MR) is 191 cm³/mol. The fraction of sp³-hybridized carbons (Fsp3) is 0.517. The van der Waals surface area contributed by atoms with Crippen molar-refractivity contribution in [2.45, 2.75) is 69.1 Å². The van der Waals surface area contributed by atoms with Crippen LogP contribution < -0.4 is 43.6 Å². The molecule has 0 bridgehead atoms. The lowest BCUT2D eigenvalue weighted by atomic mass is 10.0. The Morgan fingerprint density at radius 3 is 2.49 bits per heavy atom. The number of β-lactam (4-membered cyclic amide) rings is 1. The Labute approximate surface area is 310 Å². The number of anilines is 3. The smallest absolute Gasteiger partial charge is 0.352 e. The molecule has 0 spiro atoms. The van der Waals surface area contributed by atoms with Crippen molar-refractivity contribution in [3.05, 3.63) is 23.3 Å². The van der Waals surface area contributed by atoms with E-state index in [-0.39, 0.29) is 59.3 Å². The Hall–Kier alpha value is -5.33. The maximum Gasteiger partial charge on any atom is 0.352 e. The van der Waals surface area contributed by atoms with Gasteiger partial charge in [-0.3, -0.25) is 24.1 Å². The van der Waals surface area contributed by atoms with Crippen molar-refractivity contribution in [2.75, 3.05) is 35.6 Å². The van der Waals surface area contributed by atoms with E-state index >= 15 is 0 Å². The summed E-state index contributed by atoms with van der Waals surface area (Å²) in [5.74, 6) is -5.39. The van der Waals surface area contributed by atoms with Crippen molar-refractivity contribution in [3.63, 3.8) is 0 Å². The maximum atomic E-state index is 13.4. The highest BCUT2D eigenvalue weighted by molar-refractivity contribution is 8.00. The molecule has 2 aliphatic heterocycles. The number of hydrogen-bond donors (Lipinski definition) is 9. The molecule has 2 aromatic heterocycles. The Balaban J connectivity index is 1.52. The van der Waals surface area contributed by atoms with Crippen LogP contribution in [0.15, 0.2) is 22.6 Å². The third-order valence-corrected chi connectivity index (χ3v) is 10.0. The van der Waals surface area contributed by atoms with Crippen LogP contribution in [0.4, 0.5) is 16.6 Å². The summed E-state index contributed by atoms with van der Waals surface area (Å²) in [6.45, 7) is 2.89. The number of oxime groups is 1. The number of carbonyl (C=O) groups excluding carboxylic acids is 4. The highest BCUT2D eigenvalue weighted by Gasteiger charge is 2.55. The van der Waals surface area contributed by atoms with Gasteiger partial charge in [-0.15, -0.1) is 21.1 Å². The molecule has 22 nitrogen and oxygen atoms in total. The summed E-state index contributed by atoms with van der Waals surface area (Å²) >= 11 is 1.93. The Morgan fingerprint density at radius 1 is 1.17 bits per heavy atom. The van der Waals surface area contributed by atoms with Crippen LogP contribution in [-0.2, 0) is 47.2 Å². The van der Waals surface area contributed by atoms with Crippen LogP contribution in [0.5, 0.6) is 0 Å². The van der Waals surface area contributed by atoms with Crippen LogP contribution in [0.2, 0.25) is 0 Å². The van der Waals surface area contributed by atoms with Crippen LogP contribution in [-0.4, -0.2) is 112 Å². The topological polar surface area (TPSA) is 342 Å². The van der Waals surface area contributed by atoms with E-state index in [1.54, 1.807) is 11.7 Å². The van der Waals surface area contributed by atoms with E-state index in [2.05, 4.69) is 30.5 Å². The van der Waals surface area contributed by atoms with Crippen LogP contribution in [0.3, 0.4) is 0 Å². The van der Waals surface area contributed by atoms with E-state index in [0.29, 0.717) is 31.4 Å². The summed E-state index contributed by atoms with van der Waals surface area (Å²) < 4.78 is 6.97. The molecule has 288 valence electrons. The largest absolute Gasteiger partial charge is 0.478 e. The number of carbonyl (C=O) groups is 6. The molecule has 1 saturated heterocycles. The zero-order valence-electron chi connectivity index (χ0n) is 29.0. The third kappa shape index (κ3) is 9.19. The van der Waals surface area contributed by atoms with Gasteiger partial charge in [-0.1, -0.05) is 5.16 Å². The molecule has 4 rings (SSSR count). The van der Waals surface area contributed by atoms with Crippen molar-refractivity contribution in [3.8, 4) is 0 Å². The lowest BCUT2D eigenvalue weighted by Crippen LogP contribution is -2.71. The number of nitrogens with two attached hydrogens (primary N) is 4. The number of aromatic nitrogens is 4. The number of fused-ring (bicyclic) bond motifs is 1. The highest BCUT2D eigenvalue weighted by Crippen LogP contribution is 2.40. The molecule has 0 unspecified atom stereocenters. The second-order valence-electron chi connectivity index (χ2n) is 12.4. The van der Waals surface area contributed by atoms with Gasteiger partial charge in [0.1, 0.15) is 23.2 Å². The molecular formula is C29H42N13O9S2+. The van der Waals surface area contributed by atoms with Crippen LogP contribution in [0.1, 0.15) is 45.4 Å². The van der Waals surface area contributed by atoms with Gasteiger partial charge in [-0.2, -0.15) is 9.36 Å². The molecule has 2 aliphatic rings. The van der Waals surface area contributed by atoms with E-state index in [1.807, 2.05) is 0 Å². The minimum Gasteiger partial charge on any atom is -0.478 e. The van der Waals surface area contributed by atoms with Gasteiger partial charge in [0.15, 0.2) is 23.2 Å². The molecule has 0 saturated carbocycles. The number of unbranched alkanes of at least 4 members (excludes halogenated alkanes) is 1. The monoisotopic (exact) mass is 780 g/mol. The van der Waals surface area contributed by atoms with E-state index in [4.69, 9.17) is 27.8 Å². The summed E-state index contributed by atoms with van der Waals surface area (Å²) in [5, 5.41) is 30.3. The molecule has 0 radical (unpaired) electrons. The first kappa shape index (κ1) is 40.4. The summed E-state index contributed by atoms with van der Waals surface area (Å²) in [7, 11) is 1.60. The summed E-state index contributed by atoms with van der Waals surface area (Å²) in [6.07, 6.45) is 3.10. The van der Waals surface area contributed by atoms with E-state index in [9.17, 15) is 39.0 Å². The number of carboxylic acids is 2. The van der Waals surface area contributed by atoms with Crippen molar-refractivity contribution < 1.29 is 48.5 Å². The molecule has 1 fully saturated rings. The second kappa shape index (κ2) is 17.0. The Kier molecular flexibility index (Phi) is 13.0. The maximum absolute atomic E-state index is 13.4. The molecule has 24 heteroatoms. The van der Waals surface area contributed by atoms with Crippen molar-refractivity contribution in [1.82, 2.24) is 29.6 Å².